The Morgan fingerprint density at radius 3 is 2.68 bits per heavy atom. The standard InChI is InChI=1S/C29H38N6O2/c1-6-19(2)16-26(34-28(36)23-10-11-24-18-35(5)15-12-22(24)17-23)33-27-20(3)8-7-9-25(27)29(37)32-21(4)31-14-13-30/h7-11,13-14,17,19H,6,12,15-16,18,30H2,1-5H3,(H,31,32,37)(H,33,34,36)/b14-13-. The fraction of sp³-hybridized carbons (Fsp3) is 0.379. The van der Waals surface area contributed by atoms with E-state index in [1.165, 1.54) is 23.5 Å². The molecule has 0 spiro atoms. The van der Waals surface area contributed by atoms with Crippen molar-refractivity contribution in [3.05, 3.63) is 76.6 Å². The number of hydrogen-bond acceptors (Lipinski definition) is 6. The van der Waals surface area contributed by atoms with Crippen LogP contribution in [0.15, 0.2) is 58.8 Å². The van der Waals surface area contributed by atoms with Crippen molar-refractivity contribution in [2.24, 2.45) is 21.6 Å². The fourth-order valence-electron chi connectivity index (χ4n) is 4.18. The predicted molar refractivity (Wildman–Crippen MR) is 150 cm³/mol. The Bertz CT molecular complexity index is 1230. The monoisotopic (exact) mass is 502 g/mol. The zero-order chi connectivity index (χ0) is 26.9. The van der Waals surface area contributed by atoms with E-state index in [0.717, 1.165) is 31.5 Å². The molecule has 0 fully saturated rings. The molecule has 0 radical (unpaired) electrons. The molecule has 1 aliphatic heterocycles. The van der Waals surface area contributed by atoms with Gasteiger partial charge in [0.05, 0.1) is 11.3 Å². The number of carbonyl (C=O) groups excluding carboxylic acids is 2. The molecule has 1 atom stereocenters. The summed E-state index contributed by atoms with van der Waals surface area (Å²) < 4.78 is 0. The number of hydrogen-bond donors (Lipinski definition) is 3. The van der Waals surface area contributed by atoms with E-state index in [4.69, 9.17) is 10.7 Å². The quantitative estimate of drug-likeness (QED) is 0.383. The van der Waals surface area contributed by atoms with Crippen LogP contribution in [0.3, 0.4) is 0 Å². The SMILES string of the molecule is CCC(C)CC(=Nc1c(C)cccc1C(=O)NC(C)=N/C=C\N)NC(=O)c1ccc2c(c1)CCN(C)C2. The van der Waals surface area contributed by atoms with Gasteiger partial charge in [0.1, 0.15) is 11.7 Å². The predicted octanol–water partition coefficient (Wildman–Crippen LogP) is 4.46. The van der Waals surface area contributed by atoms with E-state index in [9.17, 15) is 9.59 Å². The molecule has 1 unspecified atom stereocenters. The van der Waals surface area contributed by atoms with Crippen molar-refractivity contribution < 1.29 is 9.59 Å². The van der Waals surface area contributed by atoms with Crippen LogP contribution in [0, 0.1) is 12.8 Å². The van der Waals surface area contributed by atoms with Crippen LogP contribution in [0.4, 0.5) is 5.69 Å². The van der Waals surface area contributed by atoms with Gasteiger partial charge >= 0.3 is 0 Å². The molecule has 0 saturated carbocycles. The number of amides is 2. The van der Waals surface area contributed by atoms with Crippen LogP contribution < -0.4 is 16.4 Å². The molecule has 196 valence electrons. The van der Waals surface area contributed by atoms with Crippen molar-refractivity contribution in [1.82, 2.24) is 15.5 Å². The fourth-order valence-corrected chi connectivity index (χ4v) is 4.18. The van der Waals surface area contributed by atoms with Gasteiger partial charge in [0, 0.05) is 37.5 Å². The van der Waals surface area contributed by atoms with Crippen LogP contribution in [-0.4, -0.2) is 42.0 Å². The Kier molecular flexibility index (Phi) is 9.74. The molecular weight excluding hydrogens is 464 g/mol. The van der Waals surface area contributed by atoms with Gasteiger partial charge in [-0.2, -0.15) is 0 Å². The lowest BCUT2D eigenvalue weighted by Gasteiger charge is -2.25. The van der Waals surface area contributed by atoms with Gasteiger partial charge in [0.2, 0.25) is 0 Å². The van der Waals surface area contributed by atoms with Crippen molar-refractivity contribution in [3.63, 3.8) is 0 Å². The minimum Gasteiger partial charge on any atom is -0.403 e. The summed E-state index contributed by atoms with van der Waals surface area (Å²) in [6.45, 7) is 9.67. The summed E-state index contributed by atoms with van der Waals surface area (Å²) in [6, 6.07) is 11.3. The van der Waals surface area contributed by atoms with Crippen LogP contribution in [0.25, 0.3) is 0 Å². The molecule has 4 N–H and O–H groups in total. The molecule has 8 nitrogen and oxygen atoms in total. The minimum atomic E-state index is -0.331. The minimum absolute atomic E-state index is 0.195. The molecule has 8 heteroatoms. The summed E-state index contributed by atoms with van der Waals surface area (Å²) in [6.07, 6.45) is 5.14. The summed E-state index contributed by atoms with van der Waals surface area (Å²) in [5.41, 5.74) is 10.2. The van der Waals surface area contributed by atoms with Gasteiger partial charge in [-0.15, -0.1) is 0 Å². The maximum atomic E-state index is 13.3. The molecular formula is C29H38N6O2. The number of rotatable bonds is 7. The number of nitrogens with one attached hydrogen (secondary N) is 2. The van der Waals surface area contributed by atoms with Gasteiger partial charge in [0.25, 0.3) is 11.8 Å². The maximum absolute atomic E-state index is 13.3. The third kappa shape index (κ3) is 7.60. The van der Waals surface area contributed by atoms with Crippen LogP contribution in [0.2, 0.25) is 0 Å². The first kappa shape index (κ1) is 27.8. The van der Waals surface area contributed by atoms with Crippen molar-refractivity contribution in [2.45, 2.75) is 53.5 Å². The molecule has 0 saturated heterocycles. The van der Waals surface area contributed by atoms with Crippen molar-refractivity contribution >= 4 is 29.2 Å². The van der Waals surface area contributed by atoms with Gasteiger partial charge in [0.15, 0.2) is 0 Å². The number of likely N-dealkylation sites (N-methyl/N-ethyl adjacent to an activating group) is 1. The van der Waals surface area contributed by atoms with E-state index < -0.39 is 0 Å². The highest BCUT2D eigenvalue weighted by molar-refractivity contribution is 6.11. The van der Waals surface area contributed by atoms with Crippen molar-refractivity contribution in [2.75, 3.05) is 13.6 Å². The third-order valence-electron chi connectivity index (χ3n) is 6.55. The van der Waals surface area contributed by atoms with Crippen LogP contribution >= 0.6 is 0 Å². The number of aryl methyl sites for hydroxylation is 1. The molecule has 37 heavy (non-hydrogen) atoms. The summed E-state index contributed by atoms with van der Waals surface area (Å²) in [5.74, 6) is 0.728. The second-order valence-electron chi connectivity index (χ2n) is 9.68. The molecule has 1 aliphatic rings. The van der Waals surface area contributed by atoms with Gasteiger partial charge in [-0.25, -0.2) is 9.98 Å². The highest BCUT2D eigenvalue weighted by atomic mass is 16.2. The zero-order valence-electron chi connectivity index (χ0n) is 22.5. The lowest BCUT2D eigenvalue weighted by Crippen LogP contribution is -2.33. The molecule has 2 aromatic carbocycles. The average Bonchev–Trinajstić information content (AvgIpc) is 2.87. The Balaban J connectivity index is 1.92. The summed E-state index contributed by atoms with van der Waals surface area (Å²) >= 11 is 0. The Hall–Kier alpha value is -3.78. The van der Waals surface area contributed by atoms with Crippen molar-refractivity contribution in [1.29, 1.82) is 0 Å². The van der Waals surface area contributed by atoms with Gasteiger partial charge in [-0.05, 0) is 68.1 Å². The summed E-state index contributed by atoms with van der Waals surface area (Å²) in [5, 5.41) is 5.81. The number of amidine groups is 2. The van der Waals surface area contributed by atoms with E-state index >= 15 is 0 Å². The second kappa shape index (κ2) is 13.0. The first-order chi connectivity index (χ1) is 17.7. The molecule has 2 amide bonds. The molecule has 2 aromatic rings. The topological polar surface area (TPSA) is 112 Å². The number of benzene rings is 2. The lowest BCUT2D eigenvalue weighted by atomic mass is 9.97. The first-order valence-electron chi connectivity index (χ1n) is 12.7. The number of para-hydroxylation sites is 1. The molecule has 0 bridgehead atoms. The number of aliphatic imine (C=N–C) groups is 2. The maximum Gasteiger partial charge on any atom is 0.258 e. The van der Waals surface area contributed by atoms with Crippen LogP contribution in [0.5, 0.6) is 0 Å². The highest BCUT2D eigenvalue weighted by Gasteiger charge is 2.19. The molecule has 1 heterocycles. The number of carbonyl (C=O) groups is 2. The first-order valence-corrected chi connectivity index (χ1v) is 12.7. The van der Waals surface area contributed by atoms with E-state index in [0.29, 0.717) is 40.8 Å². The highest BCUT2D eigenvalue weighted by Crippen LogP contribution is 2.26. The Morgan fingerprint density at radius 2 is 1.95 bits per heavy atom. The van der Waals surface area contributed by atoms with Gasteiger partial charge in [-0.3, -0.25) is 9.59 Å². The molecule has 3 rings (SSSR count). The van der Waals surface area contributed by atoms with Crippen LogP contribution in [0.1, 0.15) is 71.0 Å². The second-order valence-corrected chi connectivity index (χ2v) is 9.68. The van der Waals surface area contributed by atoms with Gasteiger partial charge < -0.3 is 21.3 Å². The third-order valence-corrected chi connectivity index (χ3v) is 6.55. The number of nitrogens with zero attached hydrogens (tertiary/aromatic N) is 3. The Morgan fingerprint density at radius 1 is 1.16 bits per heavy atom. The number of nitrogens with two attached hydrogens (primary N) is 1. The number of fused-ring (bicyclic) bond motifs is 1. The van der Waals surface area contributed by atoms with Crippen molar-refractivity contribution in [3.8, 4) is 0 Å². The van der Waals surface area contributed by atoms with Crippen LogP contribution in [-0.2, 0) is 13.0 Å². The zero-order valence-corrected chi connectivity index (χ0v) is 22.5. The summed E-state index contributed by atoms with van der Waals surface area (Å²) in [4.78, 5) is 37.5. The van der Waals surface area contributed by atoms with E-state index in [1.807, 2.05) is 37.3 Å². The molecule has 0 aliphatic carbocycles. The Labute approximate surface area is 219 Å². The van der Waals surface area contributed by atoms with E-state index in [2.05, 4.69) is 41.4 Å². The molecule has 0 aromatic heterocycles. The normalized spacial score (nSPS) is 15.4. The summed E-state index contributed by atoms with van der Waals surface area (Å²) in [7, 11) is 2.10. The average molecular weight is 503 g/mol. The smallest absolute Gasteiger partial charge is 0.258 e. The van der Waals surface area contributed by atoms with Gasteiger partial charge in [-0.1, -0.05) is 38.5 Å². The lowest BCUT2D eigenvalue weighted by molar-refractivity contribution is 0.0969. The van der Waals surface area contributed by atoms with E-state index in [-0.39, 0.29) is 11.8 Å². The largest absolute Gasteiger partial charge is 0.403 e. The van der Waals surface area contributed by atoms with E-state index in [1.54, 1.807) is 13.0 Å².